The van der Waals surface area contributed by atoms with E-state index in [0.29, 0.717) is 10.6 Å². The van der Waals surface area contributed by atoms with Crippen LogP contribution in [0.1, 0.15) is 12.5 Å². The Morgan fingerprint density at radius 3 is 2.59 bits per heavy atom. The average molecular weight is 265 g/mol. The first-order valence-corrected chi connectivity index (χ1v) is 6.03. The second kappa shape index (κ2) is 5.64. The highest BCUT2D eigenvalue weighted by atomic mass is 32.2. The fourth-order valence-electron chi connectivity index (χ4n) is 1.16. The zero-order valence-electron chi connectivity index (χ0n) is 9.29. The van der Waals surface area contributed by atoms with E-state index in [1.807, 2.05) is 6.92 Å². The number of aliphatic hydroxyl groups is 1. The molecule has 1 atom stereocenters. The summed E-state index contributed by atoms with van der Waals surface area (Å²) in [5.74, 6) is 0.615. The topological polar surface area (TPSA) is 46.2 Å². The molecule has 1 aromatic carbocycles. The number of hydrogen-bond acceptors (Lipinski definition) is 3. The lowest BCUT2D eigenvalue weighted by Crippen LogP contribution is -2.09. The molecular formula is C11H14F3NOS. The summed E-state index contributed by atoms with van der Waals surface area (Å²) in [7, 11) is 0. The standard InChI is InChI=1S/C11H14F3NOS/c1-7(5-16)6-17-8-2-3-10(15)9(4-8)11(12,13)14/h2-4,7,16H,5-6,15H2,1H3. The van der Waals surface area contributed by atoms with Crippen LogP contribution in [0, 0.1) is 5.92 Å². The van der Waals surface area contributed by atoms with Crippen LogP contribution in [0.15, 0.2) is 23.1 Å². The van der Waals surface area contributed by atoms with E-state index < -0.39 is 11.7 Å². The van der Waals surface area contributed by atoms with E-state index in [-0.39, 0.29) is 18.2 Å². The Kier molecular flexibility index (Phi) is 4.70. The third-order valence-electron chi connectivity index (χ3n) is 2.18. The van der Waals surface area contributed by atoms with Crippen molar-refractivity contribution in [3.63, 3.8) is 0 Å². The summed E-state index contributed by atoms with van der Waals surface area (Å²) in [6.07, 6.45) is -4.43. The molecule has 3 N–H and O–H groups in total. The summed E-state index contributed by atoms with van der Waals surface area (Å²) in [6, 6.07) is 3.86. The largest absolute Gasteiger partial charge is 0.418 e. The zero-order valence-corrected chi connectivity index (χ0v) is 10.1. The van der Waals surface area contributed by atoms with Gasteiger partial charge in [0.2, 0.25) is 0 Å². The van der Waals surface area contributed by atoms with Crippen LogP contribution >= 0.6 is 11.8 Å². The van der Waals surface area contributed by atoms with Crippen molar-refractivity contribution >= 4 is 17.4 Å². The maximum atomic E-state index is 12.6. The SMILES string of the molecule is CC(CO)CSc1ccc(N)c(C(F)(F)F)c1. The van der Waals surface area contributed by atoms with Crippen LogP contribution in [0.2, 0.25) is 0 Å². The molecule has 0 heterocycles. The van der Waals surface area contributed by atoms with Crippen molar-refractivity contribution in [3.8, 4) is 0 Å². The Hall–Kier alpha value is -0.880. The number of rotatable bonds is 4. The van der Waals surface area contributed by atoms with Crippen molar-refractivity contribution in [3.05, 3.63) is 23.8 Å². The van der Waals surface area contributed by atoms with Crippen LogP contribution in [0.3, 0.4) is 0 Å². The Balaban J connectivity index is 2.82. The summed E-state index contributed by atoms with van der Waals surface area (Å²) in [4.78, 5) is 0.506. The summed E-state index contributed by atoms with van der Waals surface area (Å²) in [5.41, 5.74) is 4.22. The molecule has 0 fully saturated rings. The Morgan fingerprint density at radius 1 is 1.41 bits per heavy atom. The number of nitrogen functional groups attached to an aromatic ring is 1. The molecule has 17 heavy (non-hydrogen) atoms. The monoisotopic (exact) mass is 265 g/mol. The maximum Gasteiger partial charge on any atom is 0.418 e. The van der Waals surface area contributed by atoms with Crippen LogP contribution in [-0.2, 0) is 6.18 Å². The Labute approximate surface area is 102 Å². The summed E-state index contributed by atoms with van der Waals surface area (Å²) in [5, 5.41) is 8.83. The van der Waals surface area contributed by atoms with Gasteiger partial charge in [-0.3, -0.25) is 0 Å². The Morgan fingerprint density at radius 2 is 2.06 bits per heavy atom. The molecule has 0 aliphatic carbocycles. The fraction of sp³-hybridized carbons (Fsp3) is 0.455. The van der Waals surface area contributed by atoms with Crippen LogP contribution in [0.25, 0.3) is 0 Å². The van der Waals surface area contributed by atoms with Gasteiger partial charge in [0.1, 0.15) is 0 Å². The van der Waals surface area contributed by atoms with Gasteiger partial charge in [0.25, 0.3) is 0 Å². The lowest BCUT2D eigenvalue weighted by Gasteiger charge is -2.12. The van der Waals surface area contributed by atoms with E-state index in [4.69, 9.17) is 10.8 Å². The maximum absolute atomic E-state index is 12.6. The molecule has 1 aromatic rings. The highest BCUT2D eigenvalue weighted by Crippen LogP contribution is 2.36. The average Bonchev–Trinajstić information content (AvgIpc) is 2.26. The van der Waals surface area contributed by atoms with Gasteiger partial charge in [-0.15, -0.1) is 11.8 Å². The van der Waals surface area contributed by atoms with Gasteiger partial charge in [-0.25, -0.2) is 0 Å². The lowest BCUT2D eigenvalue weighted by molar-refractivity contribution is -0.137. The predicted molar refractivity (Wildman–Crippen MR) is 62.8 cm³/mol. The number of anilines is 1. The summed E-state index contributed by atoms with van der Waals surface area (Å²) >= 11 is 1.28. The molecule has 0 aromatic heterocycles. The third-order valence-corrected chi connectivity index (χ3v) is 3.50. The normalized spacial score (nSPS) is 13.7. The lowest BCUT2D eigenvalue weighted by atomic mass is 10.2. The van der Waals surface area contributed by atoms with Crippen molar-refractivity contribution in [1.82, 2.24) is 0 Å². The second-order valence-electron chi connectivity index (χ2n) is 3.85. The molecule has 0 aliphatic heterocycles. The minimum absolute atomic E-state index is 0.0219. The number of halogens is 3. The van der Waals surface area contributed by atoms with Gasteiger partial charge in [-0.2, -0.15) is 13.2 Å². The second-order valence-corrected chi connectivity index (χ2v) is 4.94. The minimum atomic E-state index is -4.43. The van der Waals surface area contributed by atoms with Gasteiger partial charge in [-0.05, 0) is 24.1 Å². The third kappa shape index (κ3) is 4.12. The van der Waals surface area contributed by atoms with E-state index in [1.54, 1.807) is 6.07 Å². The molecule has 2 nitrogen and oxygen atoms in total. The molecule has 0 bridgehead atoms. The van der Waals surface area contributed by atoms with Gasteiger partial charge in [0, 0.05) is 22.9 Å². The molecule has 96 valence electrons. The molecule has 0 aliphatic rings. The highest BCUT2D eigenvalue weighted by Gasteiger charge is 2.33. The summed E-state index contributed by atoms with van der Waals surface area (Å²) in [6.45, 7) is 1.85. The summed E-state index contributed by atoms with van der Waals surface area (Å²) < 4.78 is 37.7. The first-order valence-electron chi connectivity index (χ1n) is 5.05. The number of nitrogens with two attached hydrogens (primary N) is 1. The first kappa shape index (κ1) is 14.2. The van der Waals surface area contributed by atoms with Crippen molar-refractivity contribution in [2.75, 3.05) is 18.1 Å². The number of aliphatic hydroxyl groups excluding tert-OH is 1. The van der Waals surface area contributed by atoms with E-state index in [2.05, 4.69) is 0 Å². The van der Waals surface area contributed by atoms with Gasteiger partial charge in [0.05, 0.1) is 5.56 Å². The number of benzene rings is 1. The van der Waals surface area contributed by atoms with Crippen molar-refractivity contribution in [1.29, 1.82) is 0 Å². The quantitative estimate of drug-likeness (QED) is 0.650. The predicted octanol–water partition coefficient (Wildman–Crippen LogP) is 3.01. The van der Waals surface area contributed by atoms with E-state index in [0.717, 1.165) is 6.07 Å². The van der Waals surface area contributed by atoms with E-state index >= 15 is 0 Å². The van der Waals surface area contributed by atoms with Crippen LogP contribution in [0.5, 0.6) is 0 Å². The van der Waals surface area contributed by atoms with Crippen LogP contribution in [0.4, 0.5) is 18.9 Å². The smallest absolute Gasteiger partial charge is 0.398 e. The number of thioether (sulfide) groups is 1. The van der Waals surface area contributed by atoms with Crippen molar-refractivity contribution < 1.29 is 18.3 Å². The van der Waals surface area contributed by atoms with E-state index in [9.17, 15) is 13.2 Å². The molecule has 0 spiro atoms. The Bertz CT molecular complexity index is 381. The molecule has 0 saturated carbocycles. The van der Waals surface area contributed by atoms with Gasteiger partial charge < -0.3 is 10.8 Å². The first-order chi connectivity index (χ1) is 7.84. The molecular weight excluding hydrogens is 251 g/mol. The molecule has 0 amide bonds. The molecule has 0 radical (unpaired) electrons. The number of hydrogen-bond donors (Lipinski definition) is 2. The van der Waals surface area contributed by atoms with E-state index in [1.165, 1.54) is 17.8 Å². The van der Waals surface area contributed by atoms with Gasteiger partial charge >= 0.3 is 6.18 Å². The van der Waals surface area contributed by atoms with Crippen molar-refractivity contribution in [2.45, 2.75) is 18.0 Å². The van der Waals surface area contributed by atoms with Crippen LogP contribution < -0.4 is 5.73 Å². The zero-order chi connectivity index (χ0) is 13.1. The number of alkyl halides is 3. The highest BCUT2D eigenvalue weighted by molar-refractivity contribution is 7.99. The minimum Gasteiger partial charge on any atom is -0.398 e. The molecule has 1 unspecified atom stereocenters. The molecule has 6 heteroatoms. The van der Waals surface area contributed by atoms with Crippen LogP contribution in [-0.4, -0.2) is 17.5 Å². The molecule has 0 saturated heterocycles. The van der Waals surface area contributed by atoms with Gasteiger partial charge in [0.15, 0.2) is 0 Å². The van der Waals surface area contributed by atoms with Gasteiger partial charge in [-0.1, -0.05) is 6.92 Å². The fourth-order valence-corrected chi connectivity index (χ4v) is 2.11. The molecule has 1 rings (SSSR count). The van der Waals surface area contributed by atoms with Crippen molar-refractivity contribution in [2.24, 2.45) is 5.92 Å².